The summed E-state index contributed by atoms with van der Waals surface area (Å²) in [6, 6.07) is 5.51. The molecule has 150 valence electrons. The van der Waals surface area contributed by atoms with Gasteiger partial charge >= 0.3 is 18.4 Å². The van der Waals surface area contributed by atoms with Crippen LogP contribution in [-0.4, -0.2) is 35.1 Å². The molecule has 0 unspecified atom stereocenters. The van der Waals surface area contributed by atoms with E-state index in [4.69, 9.17) is 4.74 Å². The molecule has 5 nitrogen and oxygen atoms in total. The van der Waals surface area contributed by atoms with Crippen molar-refractivity contribution in [3.8, 4) is 5.88 Å². The van der Waals surface area contributed by atoms with E-state index in [-0.39, 0.29) is 24.7 Å². The number of benzene rings is 1. The van der Waals surface area contributed by atoms with Crippen molar-refractivity contribution in [1.82, 2.24) is 9.88 Å². The van der Waals surface area contributed by atoms with Crippen LogP contribution in [0.1, 0.15) is 11.1 Å². The standard InChI is InChI=1S/C17H13F6N3O2/c18-16(19,20)10-2-1-3-12(6-10)25-15(27)26-8-13(9-26)28-14-5-4-11(7-24-14)17(21,22)23/h1-7,13H,8-9H2,(H,25,27). The zero-order valence-corrected chi connectivity index (χ0v) is 14.0. The third kappa shape index (κ3) is 4.65. The fraction of sp³-hybridized carbons (Fsp3) is 0.294. The van der Waals surface area contributed by atoms with E-state index in [0.717, 1.165) is 24.3 Å². The van der Waals surface area contributed by atoms with Gasteiger partial charge in [0.1, 0.15) is 6.10 Å². The lowest BCUT2D eigenvalue weighted by Gasteiger charge is -2.38. The maximum absolute atomic E-state index is 12.7. The lowest BCUT2D eigenvalue weighted by molar-refractivity contribution is -0.138. The fourth-order valence-corrected chi connectivity index (χ4v) is 2.44. The van der Waals surface area contributed by atoms with Crippen LogP contribution in [0.3, 0.4) is 0 Å². The molecule has 2 amide bonds. The molecule has 0 bridgehead atoms. The highest BCUT2D eigenvalue weighted by Crippen LogP contribution is 2.31. The van der Waals surface area contributed by atoms with Crippen LogP contribution in [0.5, 0.6) is 5.88 Å². The Balaban J connectivity index is 1.50. The first-order valence-electron chi connectivity index (χ1n) is 7.95. The van der Waals surface area contributed by atoms with Gasteiger partial charge in [0.15, 0.2) is 0 Å². The Bertz CT molecular complexity index is 845. The number of hydrogen-bond acceptors (Lipinski definition) is 3. The summed E-state index contributed by atoms with van der Waals surface area (Å²) in [5.41, 5.74) is -1.80. The Morgan fingerprint density at radius 1 is 1.04 bits per heavy atom. The molecule has 0 aliphatic carbocycles. The molecule has 1 N–H and O–H groups in total. The summed E-state index contributed by atoms with van der Waals surface area (Å²) in [5.74, 6) is -0.0177. The van der Waals surface area contributed by atoms with Crippen LogP contribution in [-0.2, 0) is 12.4 Å². The van der Waals surface area contributed by atoms with Gasteiger partial charge in [-0.3, -0.25) is 0 Å². The Kier molecular flexibility index (Phi) is 5.09. The Morgan fingerprint density at radius 3 is 2.29 bits per heavy atom. The minimum Gasteiger partial charge on any atom is -0.471 e. The summed E-state index contributed by atoms with van der Waals surface area (Å²) < 4.78 is 80.8. The molecule has 0 spiro atoms. The van der Waals surface area contributed by atoms with E-state index in [0.29, 0.717) is 6.20 Å². The maximum atomic E-state index is 12.7. The van der Waals surface area contributed by atoms with Crippen molar-refractivity contribution in [1.29, 1.82) is 0 Å². The zero-order chi connectivity index (χ0) is 20.5. The zero-order valence-electron chi connectivity index (χ0n) is 14.0. The van der Waals surface area contributed by atoms with Crippen molar-refractivity contribution in [3.63, 3.8) is 0 Å². The maximum Gasteiger partial charge on any atom is 0.417 e. The second kappa shape index (κ2) is 7.21. The van der Waals surface area contributed by atoms with Crippen molar-refractivity contribution in [2.24, 2.45) is 0 Å². The molecule has 0 atom stereocenters. The highest BCUT2D eigenvalue weighted by Gasteiger charge is 2.34. The van der Waals surface area contributed by atoms with Crippen molar-refractivity contribution in [3.05, 3.63) is 53.7 Å². The number of nitrogens with zero attached hydrogens (tertiary/aromatic N) is 2. The Labute approximate surface area is 154 Å². The topological polar surface area (TPSA) is 54.5 Å². The quantitative estimate of drug-likeness (QED) is 0.770. The van der Waals surface area contributed by atoms with Crippen LogP contribution >= 0.6 is 0 Å². The molecule has 1 fully saturated rings. The molecule has 0 radical (unpaired) electrons. The summed E-state index contributed by atoms with van der Waals surface area (Å²) in [5, 5.41) is 2.36. The Morgan fingerprint density at radius 2 is 1.71 bits per heavy atom. The molecule has 1 aliphatic rings. The highest BCUT2D eigenvalue weighted by molar-refractivity contribution is 5.90. The number of rotatable bonds is 3. The first-order chi connectivity index (χ1) is 13.0. The first-order valence-corrected chi connectivity index (χ1v) is 7.95. The highest BCUT2D eigenvalue weighted by atomic mass is 19.4. The summed E-state index contributed by atoms with van der Waals surface area (Å²) in [7, 11) is 0. The molecule has 1 aliphatic heterocycles. The number of carbonyl (C=O) groups excluding carboxylic acids is 1. The summed E-state index contributed by atoms with van der Waals surface area (Å²) in [4.78, 5) is 16.9. The molecule has 2 heterocycles. The largest absolute Gasteiger partial charge is 0.471 e. The smallest absolute Gasteiger partial charge is 0.417 e. The van der Waals surface area contributed by atoms with E-state index in [1.165, 1.54) is 17.0 Å². The third-order valence-electron chi connectivity index (χ3n) is 3.93. The molecule has 1 aromatic heterocycles. The minimum absolute atomic E-state index is 0.00593. The van der Waals surface area contributed by atoms with E-state index in [2.05, 4.69) is 10.3 Å². The fourth-order valence-electron chi connectivity index (χ4n) is 2.44. The second-order valence-electron chi connectivity index (χ2n) is 6.04. The van der Waals surface area contributed by atoms with Crippen LogP contribution in [0.4, 0.5) is 36.8 Å². The lowest BCUT2D eigenvalue weighted by Crippen LogP contribution is -2.57. The van der Waals surface area contributed by atoms with E-state index in [1.54, 1.807) is 0 Å². The number of amides is 2. The van der Waals surface area contributed by atoms with Crippen molar-refractivity contribution in [2.45, 2.75) is 18.5 Å². The third-order valence-corrected chi connectivity index (χ3v) is 3.93. The number of anilines is 1. The number of alkyl halides is 6. The molecular formula is C17H13F6N3O2. The van der Waals surface area contributed by atoms with E-state index >= 15 is 0 Å². The van der Waals surface area contributed by atoms with Gasteiger partial charge in [0, 0.05) is 18.0 Å². The average Bonchev–Trinajstić information content (AvgIpc) is 2.56. The number of urea groups is 1. The number of aromatic nitrogens is 1. The number of likely N-dealkylation sites (tertiary alicyclic amines) is 1. The molecular weight excluding hydrogens is 392 g/mol. The van der Waals surface area contributed by atoms with Crippen LogP contribution in [0.15, 0.2) is 42.6 Å². The van der Waals surface area contributed by atoms with Crippen LogP contribution in [0.25, 0.3) is 0 Å². The van der Waals surface area contributed by atoms with Gasteiger partial charge < -0.3 is 15.0 Å². The molecule has 0 saturated carbocycles. The van der Waals surface area contributed by atoms with Crippen LogP contribution in [0, 0.1) is 0 Å². The molecule has 1 saturated heterocycles. The van der Waals surface area contributed by atoms with Gasteiger partial charge in [0.05, 0.1) is 24.2 Å². The molecule has 2 aromatic rings. The summed E-state index contributed by atoms with van der Waals surface area (Å²) in [6.45, 7) is 0.237. The van der Waals surface area contributed by atoms with Crippen LogP contribution < -0.4 is 10.1 Å². The van der Waals surface area contributed by atoms with Gasteiger partial charge in [-0.25, -0.2) is 9.78 Å². The van der Waals surface area contributed by atoms with Crippen LogP contribution in [0.2, 0.25) is 0 Å². The first kappa shape index (κ1) is 19.8. The average molecular weight is 405 g/mol. The van der Waals surface area contributed by atoms with Gasteiger partial charge in [0.2, 0.25) is 5.88 Å². The Hall–Kier alpha value is -2.98. The number of hydrogen-bond donors (Lipinski definition) is 1. The van der Waals surface area contributed by atoms with Gasteiger partial charge in [-0.05, 0) is 24.3 Å². The number of ether oxygens (including phenoxy) is 1. The van der Waals surface area contributed by atoms with Crippen molar-refractivity contribution < 1.29 is 35.9 Å². The predicted molar refractivity (Wildman–Crippen MR) is 85.7 cm³/mol. The van der Waals surface area contributed by atoms with Crippen molar-refractivity contribution in [2.75, 3.05) is 18.4 Å². The second-order valence-corrected chi connectivity index (χ2v) is 6.04. The van der Waals surface area contributed by atoms with E-state index < -0.39 is 35.6 Å². The van der Waals surface area contributed by atoms with E-state index in [9.17, 15) is 31.1 Å². The van der Waals surface area contributed by atoms with Gasteiger partial charge in [0.25, 0.3) is 0 Å². The lowest BCUT2D eigenvalue weighted by atomic mass is 10.1. The monoisotopic (exact) mass is 405 g/mol. The normalized spacial score (nSPS) is 15.1. The summed E-state index contributed by atoms with van der Waals surface area (Å²) >= 11 is 0. The molecule has 3 rings (SSSR count). The van der Waals surface area contributed by atoms with Gasteiger partial charge in [-0.2, -0.15) is 26.3 Å². The molecule has 11 heteroatoms. The van der Waals surface area contributed by atoms with Crippen molar-refractivity contribution >= 4 is 11.7 Å². The number of nitrogens with one attached hydrogen (secondary N) is 1. The number of pyridine rings is 1. The summed E-state index contributed by atoms with van der Waals surface area (Å²) in [6.07, 6.45) is -8.85. The van der Waals surface area contributed by atoms with Gasteiger partial charge in [-0.15, -0.1) is 0 Å². The molecule has 1 aromatic carbocycles. The minimum atomic E-state index is -4.52. The number of halogens is 6. The predicted octanol–water partition coefficient (Wildman–Crippen LogP) is 4.41. The molecule has 28 heavy (non-hydrogen) atoms. The van der Waals surface area contributed by atoms with E-state index in [1.807, 2.05) is 0 Å². The number of carbonyl (C=O) groups is 1. The SMILES string of the molecule is O=C(Nc1cccc(C(F)(F)F)c1)N1CC(Oc2ccc(C(F)(F)F)cn2)C1. The van der Waals surface area contributed by atoms with Gasteiger partial charge in [-0.1, -0.05) is 6.07 Å².